The number of ketones is 1. The number of carbonyl (C=O) groups is 1. The van der Waals surface area contributed by atoms with Gasteiger partial charge < -0.3 is 4.74 Å². The van der Waals surface area contributed by atoms with E-state index in [1.54, 1.807) is 7.11 Å². The molecule has 2 atom stereocenters. The van der Waals surface area contributed by atoms with E-state index < -0.39 is 0 Å². The Hall–Kier alpha value is -1.31. The normalized spacial score (nSPS) is 27.2. The van der Waals surface area contributed by atoms with E-state index >= 15 is 0 Å². The molecule has 3 rings (SSSR count). The van der Waals surface area contributed by atoms with Gasteiger partial charge in [0.2, 0.25) is 0 Å². The van der Waals surface area contributed by atoms with Gasteiger partial charge in [-0.2, -0.15) is 0 Å². The van der Waals surface area contributed by atoms with Crippen molar-refractivity contribution in [2.75, 3.05) is 7.11 Å². The average Bonchev–Trinajstić information content (AvgIpc) is 2.38. The van der Waals surface area contributed by atoms with Crippen LogP contribution in [0.4, 0.5) is 0 Å². The second-order valence-electron chi connectivity index (χ2n) is 5.23. The van der Waals surface area contributed by atoms with Gasteiger partial charge in [0.05, 0.1) is 7.11 Å². The Balaban J connectivity index is 2.06. The summed E-state index contributed by atoms with van der Waals surface area (Å²) in [4.78, 5) is 12.1. The fourth-order valence-electron chi connectivity index (χ4n) is 3.44. The van der Waals surface area contributed by atoms with Crippen LogP contribution >= 0.6 is 0 Å². The molecule has 2 aliphatic carbocycles. The van der Waals surface area contributed by atoms with E-state index in [9.17, 15) is 4.79 Å². The highest BCUT2D eigenvalue weighted by atomic mass is 16.5. The van der Waals surface area contributed by atoms with Gasteiger partial charge in [0.15, 0.2) is 5.78 Å². The highest BCUT2D eigenvalue weighted by Gasteiger charge is 2.35. The van der Waals surface area contributed by atoms with Gasteiger partial charge in [-0.3, -0.25) is 4.79 Å². The van der Waals surface area contributed by atoms with Crippen LogP contribution in [0.3, 0.4) is 0 Å². The monoisotopic (exact) mass is 230 g/mol. The minimum atomic E-state index is 0.325. The molecular formula is C15H18O2. The second kappa shape index (κ2) is 4.17. The number of Topliss-reactive ketones (excluding diaryl/α,β-unsaturated/α-hetero) is 1. The number of rotatable bonds is 1. The van der Waals surface area contributed by atoms with Gasteiger partial charge in [0.25, 0.3) is 0 Å². The van der Waals surface area contributed by atoms with Crippen LogP contribution in [0.25, 0.3) is 0 Å². The SMILES string of the molecule is COc1ccc2c(c1)C1CCCCC1CC2=O. The zero-order valence-electron chi connectivity index (χ0n) is 10.2. The number of methoxy groups -OCH3 is 1. The molecule has 0 N–H and O–H groups in total. The highest BCUT2D eigenvalue weighted by molar-refractivity contribution is 5.99. The minimum Gasteiger partial charge on any atom is -0.497 e. The van der Waals surface area contributed by atoms with Gasteiger partial charge in [-0.1, -0.05) is 12.8 Å². The molecule has 1 saturated carbocycles. The topological polar surface area (TPSA) is 26.3 Å². The maximum atomic E-state index is 12.1. The van der Waals surface area contributed by atoms with Gasteiger partial charge in [0.1, 0.15) is 5.75 Å². The van der Waals surface area contributed by atoms with E-state index in [4.69, 9.17) is 4.74 Å². The van der Waals surface area contributed by atoms with E-state index in [1.807, 2.05) is 12.1 Å². The lowest BCUT2D eigenvalue weighted by molar-refractivity contribution is 0.0919. The molecule has 0 radical (unpaired) electrons. The van der Waals surface area contributed by atoms with Gasteiger partial charge in [-0.05, 0) is 48.4 Å². The molecule has 1 fully saturated rings. The molecule has 0 bridgehead atoms. The smallest absolute Gasteiger partial charge is 0.163 e. The summed E-state index contributed by atoms with van der Waals surface area (Å²) in [7, 11) is 1.69. The van der Waals surface area contributed by atoms with Crippen molar-refractivity contribution < 1.29 is 9.53 Å². The van der Waals surface area contributed by atoms with Crippen LogP contribution in [0.5, 0.6) is 5.75 Å². The van der Waals surface area contributed by atoms with Crippen molar-refractivity contribution in [2.45, 2.75) is 38.0 Å². The van der Waals surface area contributed by atoms with Crippen molar-refractivity contribution in [1.29, 1.82) is 0 Å². The summed E-state index contributed by atoms with van der Waals surface area (Å²) in [6.45, 7) is 0. The van der Waals surface area contributed by atoms with Gasteiger partial charge >= 0.3 is 0 Å². The van der Waals surface area contributed by atoms with E-state index in [0.29, 0.717) is 17.6 Å². The summed E-state index contributed by atoms with van der Waals surface area (Å²) in [5, 5.41) is 0. The summed E-state index contributed by atoms with van der Waals surface area (Å²) >= 11 is 0. The third kappa shape index (κ3) is 1.76. The van der Waals surface area contributed by atoms with Crippen LogP contribution in [0.1, 0.15) is 53.9 Å². The maximum Gasteiger partial charge on any atom is 0.163 e. The quantitative estimate of drug-likeness (QED) is 0.737. The summed E-state index contributed by atoms with van der Waals surface area (Å²) in [5.74, 6) is 2.37. The first-order valence-electron chi connectivity index (χ1n) is 6.50. The van der Waals surface area contributed by atoms with Crippen LogP contribution in [-0.4, -0.2) is 12.9 Å². The van der Waals surface area contributed by atoms with Crippen molar-refractivity contribution >= 4 is 5.78 Å². The number of fused-ring (bicyclic) bond motifs is 3. The Morgan fingerprint density at radius 3 is 2.88 bits per heavy atom. The zero-order chi connectivity index (χ0) is 11.8. The predicted molar refractivity (Wildman–Crippen MR) is 66.6 cm³/mol. The summed E-state index contributed by atoms with van der Waals surface area (Å²) in [6, 6.07) is 5.93. The summed E-state index contributed by atoms with van der Waals surface area (Å²) < 4.78 is 5.28. The molecule has 2 nitrogen and oxygen atoms in total. The molecule has 0 aliphatic heterocycles. The second-order valence-corrected chi connectivity index (χ2v) is 5.23. The predicted octanol–water partition coefficient (Wildman–Crippen LogP) is 3.56. The molecule has 2 unspecified atom stereocenters. The maximum absolute atomic E-state index is 12.1. The van der Waals surface area contributed by atoms with Gasteiger partial charge in [0, 0.05) is 12.0 Å². The van der Waals surface area contributed by atoms with Crippen LogP contribution in [-0.2, 0) is 0 Å². The third-order valence-corrected chi connectivity index (χ3v) is 4.32. The fourth-order valence-corrected chi connectivity index (χ4v) is 3.44. The largest absolute Gasteiger partial charge is 0.497 e. The lowest BCUT2D eigenvalue weighted by Crippen LogP contribution is -2.27. The Labute approximate surface area is 102 Å². The molecule has 2 heteroatoms. The molecule has 0 aromatic heterocycles. The molecular weight excluding hydrogens is 212 g/mol. The third-order valence-electron chi connectivity index (χ3n) is 4.32. The van der Waals surface area contributed by atoms with Crippen LogP contribution in [0, 0.1) is 5.92 Å². The first-order valence-corrected chi connectivity index (χ1v) is 6.50. The molecule has 17 heavy (non-hydrogen) atoms. The minimum absolute atomic E-state index is 0.325. The number of ether oxygens (including phenoxy) is 1. The molecule has 1 aromatic carbocycles. The van der Waals surface area contributed by atoms with Gasteiger partial charge in [-0.15, -0.1) is 0 Å². The van der Waals surface area contributed by atoms with Crippen molar-refractivity contribution in [3.8, 4) is 5.75 Å². The lowest BCUT2D eigenvalue weighted by atomic mass is 9.68. The van der Waals surface area contributed by atoms with Crippen molar-refractivity contribution in [3.63, 3.8) is 0 Å². The molecule has 0 amide bonds. The van der Waals surface area contributed by atoms with Crippen molar-refractivity contribution in [1.82, 2.24) is 0 Å². The number of hydrogen-bond acceptors (Lipinski definition) is 2. The number of benzene rings is 1. The molecule has 0 spiro atoms. The first-order chi connectivity index (χ1) is 8.29. The summed E-state index contributed by atoms with van der Waals surface area (Å²) in [6.07, 6.45) is 5.79. The van der Waals surface area contributed by atoms with E-state index in [2.05, 4.69) is 6.07 Å². The molecule has 0 saturated heterocycles. The molecule has 90 valence electrons. The Morgan fingerprint density at radius 2 is 2.06 bits per heavy atom. The van der Waals surface area contributed by atoms with Crippen LogP contribution in [0.2, 0.25) is 0 Å². The van der Waals surface area contributed by atoms with Crippen LogP contribution in [0.15, 0.2) is 18.2 Å². The van der Waals surface area contributed by atoms with E-state index in [-0.39, 0.29) is 0 Å². The molecule has 1 aromatic rings. The lowest BCUT2D eigenvalue weighted by Gasteiger charge is -2.36. The zero-order valence-corrected chi connectivity index (χ0v) is 10.2. The van der Waals surface area contributed by atoms with Crippen molar-refractivity contribution in [3.05, 3.63) is 29.3 Å². The Kier molecular flexibility index (Phi) is 2.65. The first kappa shape index (κ1) is 10.8. The average molecular weight is 230 g/mol. The number of carbonyl (C=O) groups excluding carboxylic acids is 1. The van der Waals surface area contributed by atoms with E-state index in [0.717, 1.165) is 17.7 Å². The molecule has 2 aliphatic rings. The van der Waals surface area contributed by atoms with Crippen LogP contribution < -0.4 is 4.74 Å². The standard InChI is InChI=1S/C15H18O2/c1-17-11-6-7-13-14(9-11)12-5-3-2-4-10(12)8-15(13)16/h6-7,9-10,12H,2-5,8H2,1H3. The van der Waals surface area contributed by atoms with Crippen molar-refractivity contribution in [2.24, 2.45) is 5.92 Å². The fraction of sp³-hybridized carbons (Fsp3) is 0.533. The Morgan fingerprint density at radius 1 is 1.24 bits per heavy atom. The summed E-state index contributed by atoms with van der Waals surface area (Å²) in [5.41, 5.74) is 2.18. The number of hydrogen-bond donors (Lipinski definition) is 0. The molecule has 0 heterocycles. The van der Waals surface area contributed by atoms with Gasteiger partial charge in [-0.25, -0.2) is 0 Å². The Bertz CT molecular complexity index is 450. The highest BCUT2D eigenvalue weighted by Crippen LogP contribution is 2.45. The van der Waals surface area contributed by atoms with E-state index in [1.165, 1.54) is 31.2 Å².